The van der Waals surface area contributed by atoms with E-state index in [2.05, 4.69) is 26.0 Å². The second kappa shape index (κ2) is 7.64. The quantitative estimate of drug-likeness (QED) is 0.425. The van der Waals surface area contributed by atoms with Crippen LogP contribution in [0.25, 0.3) is 22.4 Å². The molecule has 1 saturated heterocycles. The van der Waals surface area contributed by atoms with Crippen LogP contribution in [0.5, 0.6) is 0 Å². The van der Waals surface area contributed by atoms with Crippen molar-refractivity contribution >= 4 is 34.1 Å². The Morgan fingerprint density at radius 2 is 2.12 bits per heavy atom. The van der Waals surface area contributed by atoms with E-state index in [1.807, 2.05) is 4.90 Å². The Kier molecular flexibility index (Phi) is 4.56. The summed E-state index contributed by atoms with van der Waals surface area (Å²) >= 11 is 6.27. The minimum Gasteiger partial charge on any atom is -0.343 e. The number of imidazole rings is 1. The number of halogens is 2. The van der Waals surface area contributed by atoms with E-state index in [4.69, 9.17) is 16.7 Å². The summed E-state index contributed by atoms with van der Waals surface area (Å²) in [6.45, 7) is 0.351. The Labute approximate surface area is 195 Å². The molecular weight excluding hydrogens is 461 g/mol. The first-order chi connectivity index (χ1) is 16.5. The summed E-state index contributed by atoms with van der Waals surface area (Å²) in [5.74, 6) is -0.00484. The molecule has 0 saturated carbocycles. The zero-order valence-corrected chi connectivity index (χ0v) is 18.2. The number of aromatic amines is 1. The van der Waals surface area contributed by atoms with Crippen molar-refractivity contribution in [2.24, 2.45) is 5.92 Å². The fourth-order valence-electron chi connectivity index (χ4n) is 4.50. The van der Waals surface area contributed by atoms with E-state index >= 15 is 0 Å². The van der Waals surface area contributed by atoms with Crippen LogP contribution >= 0.6 is 11.6 Å². The lowest BCUT2D eigenvalue weighted by Gasteiger charge is -2.27. The van der Waals surface area contributed by atoms with Gasteiger partial charge in [-0.3, -0.25) is 9.36 Å². The van der Waals surface area contributed by atoms with E-state index in [1.165, 1.54) is 39.9 Å². The van der Waals surface area contributed by atoms with Gasteiger partial charge in [-0.05, 0) is 30.7 Å². The molecular formula is C22H15ClFN9O. The number of nitriles is 1. The summed E-state index contributed by atoms with van der Waals surface area (Å²) in [6, 6.07) is 9.07. The summed E-state index contributed by atoms with van der Waals surface area (Å²) in [5.41, 5.74) is 1.12. The van der Waals surface area contributed by atoms with Gasteiger partial charge in [0.1, 0.15) is 23.2 Å². The normalized spacial score (nSPS) is 18.1. The van der Waals surface area contributed by atoms with Crippen LogP contribution in [-0.4, -0.2) is 40.7 Å². The molecule has 4 aromatic heterocycles. The fraction of sp³-hybridized carbons (Fsp3) is 0.182. The van der Waals surface area contributed by atoms with Crippen molar-refractivity contribution in [3.63, 3.8) is 0 Å². The highest BCUT2D eigenvalue weighted by Gasteiger charge is 2.39. The van der Waals surface area contributed by atoms with Gasteiger partial charge in [0.25, 0.3) is 5.56 Å². The topological polar surface area (TPSA) is 121 Å². The summed E-state index contributed by atoms with van der Waals surface area (Å²) in [4.78, 5) is 31.4. The van der Waals surface area contributed by atoms with Crippen molar-refractivity contribution in [2.75, 3.05) is 11.4 Å². The van der Waals surface area contributed by atoms with Crippen LogP contribution in [0.2, 0.25) is 5.02 Å². The molecule has 1 fully saturated rings. The zero-order chi connectivity index (χ0) is 23.4. The van der Waals surface area contributed by atoms with Gasteiger partial charge in [0.05, 0.1) is 35.1 Å². The van der Waals surface area contributed by atoms with Gasteiger partial charge in [-0.15, -0.1) is 0 Å². The van der Waals surface area contributed by atoms with Crippen LogP contribution in [-0.2, 0) is 0 Å². The lowest BCUT2D eigenvalue weighted by molar-refractivity contribution is 0.584. The number of benzene rings is 1. The van der Waals surface area contributed by atoms with Crippen LogP contribution in [0.15, 0.2) is 54.0 Å². The molecule has 2 atom stereocenters. The van der Waals surface area contributed by atoms with Gasteiger partial charge in [-0.2, -0.15) is 10.4 Å². The fourth-order valence-corrected chi connectivity index (χ4v) is 4.72. The highest BCUT2D eigenvalue weighted by atomic mass is 35.5. The Bertz CT molecular complexity index is 1670. The Balaban J connectivity index is 1.63. The average Bonchev–Trinajstić information content (AvgIpc) is 3.57. The molecule has 5 heterocycles. The number of hydrogen-bond acceptors (Lipinski definition) is 7. The highest BCUT2D eigenvalue weighted by Crippen LogP contribution is 2.39. The number of H-pyrrole nitrogens is 1. The molecule has 5 aromatic rings. The molecule has 0 aliphatic carbocycles. The minimum absolute atomic E-state index is 0.174. The van der Waals surface area contributed by atoms with Crippen molar-refractivity contribution in [1.82, 2.24) is 34.1 Å². The van der Waals surface area contributed by atoms with E-state index < -0.39 is 17.4 Å². The monoisotopic (exact) mass is 475 g/mol. The van der Waals surface area contributed by atoms with E-state index in [-0.39, 0.29) is 16.5 Å². The second-order valence-corrected chi connectivity index (χ2v) is 8.37. The smallest absolute Gasteiger partial charge is 0.284 e. The maximum Gasteiger partial charge on any atom is 0.284 e. The van der Waals surface area contributed by atoms with E-state index in [0.717, 1.165) is 0 Å². The SMILES string of the molecule is N#C[C@H]1C[C@@H](c2nn3ccc(Cl)c3c(=O)n2-c2cccc(F)c2)N(c2ncnc3[nH]cnc23)C1. The molecule has 168 valence electrons. The number of nitrogens with one attached hydrogen (secondary N) is 1. The number of hydrogen-bond donors (Lipinski definition) is 1. The predicted molar refractivity (Wildman–Crippen MR) is 121 cm³/mol. The number of fused-ring (bicyclic) bond motifs is 2. The molecule has 1 aromatic carbocycles. The molecule has 0 spiro atoms. The summed E-state index contributed by atoms with van der Waals surface area (Å²) in [5, 5.41) is 14.7. The highest BCUT2D eigenvalue weighted by molar-refractivity contribution is 6.33. The maximum atomic E-state index is 14.2. The molecule has 12 heteroatoms. The van der Waals surface area contributed by atoms with E-state index in [1.54, 1.807) is 18.3 Å². The van der Waals surface area contributed by atoms with Gasteiger partial charge in [-0.25, -0.2) is 23.9 Å². The summed E-state index contributed by atoms with van der Waals surface area (Å²) in [7, 11) is 0. The summed E-state index contributed by atoms with van der Waals surface area (Å²) < 4.78 is 16.9. The molecule has 0 amide bonds. The largest absolute Gasteiger partial charge is 0.343 e. The maximum absolute atomic E-state index is 14.2. The molecule has 1 N–H and O–H groups in total. The summed E-state index contributed by atoms with van der Waals surface area (Å²) in [6.07, 6.45) is 4.91. The van der Waals surface area contributed by atoms with Crippen LogP contribution in [0.4, 0.5) is 10.2 Å². The van der Waals surface area contributed by atoms with Gasteiger partial charge in [-0.1, -0.05) is 17.7 Å². The molecule has 6 rings (SSSR count). The van der Waals surface area contributed by atoms with Crippen LogP contribution in [0, 0.1) is 23.1 Å². The molecule has 0 unspecified atom stereocenters. The Morgan fingerprint density at radius 3 is 2.94 bits per heavy atom. The van der Waals surface area contributed by atoms with Gasteiger partial charge in [0, 0.05) is 12.7 Å². The molecule has 34 heavy (non-hydrogen) atoms. The molecule has 1 aliphatic rings. The lowest BCUT2D eigenvalue weighted by atomic mass is 10.1. The zero-order valence-electron chi connectivity index (χ0n) is 17.4. The Hall–Kier alpha value is -4.30. The van der Waals surface area contributed by atoms with Crippen molar-refractivity contribution in [1.29, 1.82) is 5.26 Å². The lowest BCUT2D eigenvalue weighted by Crippen LogP contribution is -2.33. The molecule has 0 radical (unpaired) electrons. The first kappa shape index (κ1) is 20.3. The average molecular weight is 476 g/mol. The third-order valence-corrected chi connectivity index (χ3v) is 6.29. The van der Waals surface area contributed by atoms with Gasteiger partial charge in [0.2, 0.25) is 0 Å². The third-order valence-electron chi connectivity index (χ3n) is 5.98. The number of aromatic nitrogens is 7. The molecule has 10 nitrogen and oxygen atoms in total. The first-order valence-electron chi connectivity index (χ1n) is 10.4. The van der Waals surface area contributed by atoms with Gasteiger partial charge in [0.15, 0.2) is 17.3 Å². The van der Waals surface area contributed by atoms with E-state index in [9.17, 15) is 14.4 Å². The standard InChI is InChI=1S/C22H15ClFN9O/c23-15-4-5-32-18(15)22(34)33(14-3-1-2-13(24)7-14)20(30-32)16-6-12(8-25)9-31(16)21-17-19(27-10-26-17)28-11-29-21/h1-5,7,10-12,16H,6,9H2,(H,26,27,28,29)/t12-,16+/m1/s1. The first-order valence-corrected chi connectivity index (χ1v) is 10.8. The van der Waals surface area contributed by atoms with Crippen LogP contribution in [0.3, 0.4) is 0 Å². The predicted octanol–water partition coefficient (Wildman–Crippen LogP) is 3.04. The number of anilines is 1. The number of rotatable bonds is 3. The molecule has 0 bridgehead atoms. The second-order valence-electron chi connectivity index (χ2n) is 7.96. The van der Waals surface area contributed by atoms with Gasteiger partial charge >= 0.3 is 0 Å². The van der Waals surface area contributed by atoms with Gasteiger partial charge < -0.3 is 9.88 Å². The van der Waals surface area contributed by atoms with E-state index in [0.29, 0.717) is 41.5 Å². The van der Waals surface area contributed by atoms with Crippen LogP contribution < -0.4 is 10.5 Å². The minimum atomic E-state index is -0.527. The Morgan fingerprint density at radius 1 is 1.24 bits per heavy atom. The third kappa shape index (κ3) is 3.03. The van der Waals surface area contributed by atoms with Crippen molar-refractivity contribution in [3.8, 4) is 11.8 Å². The number of nitrogens with zero attached hydrogens (tertiary/aromatic N) is 8. The molecule has 1 aliphatic heterocycles. The van der Waals surface area contributed by atoms with Crippen molar-refractivity contribution in [2.45, 2.75) is 12.5 Å². The van der Waals surface area contributed by atoms with Crippen molar-refractivity contribution < 1.29 is 4.39 Å². The van der Waals surface area contributed by atoms with Crippen molar-refractivity contribution in [3.05, 3.63) is 76.2 Å². The van der Waals surface area contributed by atoms with Crippen LogP contribution in [0.1, 0.15) is 18.3 Å².